The molecule has 3 aromatic rings. The zero-order valence-electron chi connectivity index (χ0n) is 18.2. The van der Waals surface area contributed by atoms with Crippen molar-refractivity contribution in [3.63, 3.8) is 0 Å². The van der Waals surface area contributed by atoms with Crippen LogP contribution in [0.25, 0.3) is 0 Å². The number of nitrogens with zero attached hydrogens (tertiary/aromatic N) is 1. The Morgan fingerprint density at radius 3 is 2.47 bits per heavy atom. The summed E-state index contributed by atoms with van der Waals surface area (Å²) in [5.74, 6) is 0.280. The van der Waals surface area contributed by atoms with Gasteiger partial charge in [-0.25, -0.2) is 9.59 Å². The topological polar surface area (TPSA) is 65.1 Å². The minimum absolute atomic E-state index is 0.359. The number of hydrogen-bond acceptors (Lipinski definition) is 6. The van der Waals surface area contributed by atoms with Crippen molar-refractivity contribution in [3.8, 4) is 11.5 Å². The number of methoxy groups -OCH3 is 1. The number of fused-ring (bicyclic) bond motifs is 6. The van der Waals surface area contributed by atoms with Crippen molar-refractivity contribution >= 4 is 17.6 Å². The molecular formula is C26H23NO5. The summed E-state index contributed by atoms with van der Waals surface area (Å²) in [5, 5.41) is 0. The third kappa shape index (κ3) is 2.72. The smallest absolute Gasteiger partial charge is 0.340 e. The quantitative estimate of drug-likeness (QED) is 0.551. The van der Waals surface area contributed by atoms with E-state index >= 15 is 0 Å². The zero-order valence-corrected chi connectivity index (χ0v) is 18.2. The average Bonchev–Trinajstić information content (AvgIpc) is 3.12. The summed E-state index contributed by atoms with van der Waals surface area (Å²) >= 11 is 0. The van der Waals surface area contributed by atoms with Crippen molar-refractivity contribution in [2.24, 2.45) is 0 Å². The first-order chi connectivity index (χ1) is 15.5. The van der Waals surface area contributed by atoms with E-state index < -0.39 is 17.5 Å². The molecule has 2 heterocycles. The van der Waals surface area contributed by atoms with Gasteiger partial charge in [0.15, 0.2) is 5.60 Å². The summed E-state index contributed by atoms with van der Waals surface area (Å²) in [5.41, 5.74) is 2.73. The van der Waals surface area contributed by atoms with Gasteiger partial charge in [-0.2, -0.15) is 0 Å². The van der Waals surface area contributed by atoms with Crippen LogP contribution in [0, 0.1) is 0 Å². The number of anilines is 1. The van der Waals surface area contributed by atoms with Gasteiger partial charge in [0.25, 0.3) is 0 Å². The molecule has 6 nitrogen and oxygen atoms in total. The van der Waals surface area contributed by atoms with Gasteiger partial charge >= 0.3 is 11.9 Å². The zero-order chi connectivity index (χ0) is 22.5. The largest absolute Gasteiger partial charge is 0.465 e. The summed E-state index contributed by atoms with van der Waals surface area (Å²) in [7, 11) is 1.34. The van der Waals surface area contributed by atoms with Crippen LogP contribution in [0.3, 0.4) is 0 Å². The van der Waals surface area contributed by atoms with E-state index in [-0.39, 0.29) is 0 Å². The number of esters is 2. The Bertz CT molecular complexity index is 1250. The molecule has 0 aromatic heterocycles. The number of benzene rings is 3. The number of carbonyl (C=O) groups excluding carboxylic acids is 2. The molecule has 0 saturated heterocycles. The van der Waals surface area contributed by atoms with Crippen LogP contribution < -0.4 is 9.64 Å². The lowest BCUT2D eigenvalue weighted by molar-refractivity contribution is 0.0224. The molecule has 0 aliphatic carbocycles. The Balaban J connectivity index is 1.80. The maximum absolute atomic E-state index is 12.9. The molecule has 1 atom stereocenters. The van der Waals surface area contributed by atoms with Gasteiger partial charge in [0.1, 0.15) is 11.5 Å². The van der Waals surface area contributed by atoms with Crippen LogP contribution in [0.15, 0.2) is 60.7 Å². The highest BCUT2D eigenvalue weighted by Gasteiger charge is 2.53. The minimum atomic E-state index is -1.21. The fourth-order valence-corrected chi connectivity index (χ4v) is 4.69. The van der Waals surface area contributed by atoms with Gasteiger partial charge in [0.2, 0.25) is 0 Å². The molecule has 2 aliphatic heterocycles. The lowest BCUT2D eigenvalue weighted by atomic mass is 9.77. The molecule has 0 bridgehead atoms. The van der Waals surface area contributed by atoms with E-state index in [1.54, 1.807) is 24.3 Å². The van der Waals surface area contributed by atoms with Crippen LogP contribution in [-0.4, -0.2) is 32.1 Å². The Morgan fingerprint density at radius 1 is 0.938 bits per heavy atom. The molecule has 1 unspecified atom stereocenters. The van der Waals surface area contributed by atoms with Crippen molar-refractivity contribution in [1.82, 2.24) is 0 Å². The number of ether oxygens (including phenoxy) is 3. The molecule has 162 valence electrons. The summed E-state index contributed by atoms with van der Waals surface area (Å²) in [6.45, 7) is 5.92. The molecule has 0 fully saturated rings. The average molecular weight is 429 g/mol. The van der Waals surface area contributed by atoms with Gasteiger partial charge in [-0.3, -0.25) is 0 Å². The molecule has 0 N–H and O–H groups in total. The Kier molecular flexibility index (Phi) is 4.66. The first-order valence-electron chi connectivity index (χ1n) is 10.7. The Hall–Kier alpha value is -3.80. The van der Waals surface area contributed by atoms with Crippen LogP contribution in [0.4, 0.5) is 5.69 Å². The lowest BCUT2D eigenvalue weighted by Gasteiger charge is -2.37. The maximum atomic E-state index is 12.9. The van der Waals surface area contributed by atoms with Crippen molar-refractivity contribution in [1.29, 1.82) is 0 Å². The number of hydrogen-bond donors (Lipinski definition) is 0. The van der Waals surface area contributed by atoms with Crippen LogP contribution in [0.1, 0.15) is 51.3 Å². The van der Waals surface area contributed by atoms with E-state index in [9.17, 15) is 9.59 Å². The second-order valence-electron chi connectivity index (χ2n) is 7.77. The summed E-state index contributed by atoms with van der Waals surface area (Å²) < 4.78 is 17.4. The monoisotopic (exact) mass is 429 g/mol. The van der Waals surface area contributed by atoms with Crippen molar-refractivity contribution in [3.05, 3.63) is 88.5 Å². The van der Waals surface area contributed by atoms with Crippen LogP contribution in [-0.2, 0) is 15.1 Å². The Labute approximate surface area is 186 Å². The van der Waals surface area contributed by atoms with Crippen molar-refractivity contribution < 1.29 is 23.8 Å². The molecule has 0 radical (unpaired) electrons. The molecule has 0 amide bonds. The van der Waals surface area contributed by atoms with E-state index in [1.807, 2.05) is 36.4 Å². The number of rotatable bonds is 4. The third-order valence-corrected chi connectivity index (χ3v) is 6.25. The van der Waals surface area contributed by atoms with Crippen LogP contribution in [0.5, 0.6) is 11.5 Å². The summed E-state index contributed by atoms with van der Waals surface area (Å²) in [4.78, 5) is 27.4. The second kappa shape index (κ2) is 7.41. The van der Waals surface area contributed by atoms with Crippen LogP contribution >= 0.6 is 0 Å². The minimum Gasteiger partial charge on any atom is -0.465 e. The Morgan fingerprint density at radius 2 is 1.72 bits per heavy atom. The van der Waals surface area contributed by atoms with Gasteiger partial charge in [-0.15, -0.1) is 0 Å². The predicted octanol–water partition coefficient (Wildman–Crippen LogP) is 4.89. The highest BCUT2D eigenvalue weighted by molar-refractivity contribution is 5.97. The SMILES string of the molecule is CCN(CC)c1ccc2c(c1)Oc1ccc(C(=O)OC)cc1C21OC(=O)c2ccccc21. The van der Waals surface area contributed by atoms with Gasteiger partial charge in [-0.05, 0) is 50.2 Å². The first-order valence-corrected chi connectivity index (χ1v) is 10.7. The lowest BCUT2D eigenvalue weighted by Crippen LogP contribution is -2.33. The van der Waals surface area contributed by atoms with Gasteiger partial charge < -0.3 is 19.1 Å². The fourth-order valence-electron chi connectivity index (χ4n) is 4.69. The van der Waals surface area contributed by atoms with Gasteiger partial charge in [0.05, 0.1) is 18.2 Å². The number of carbonyl (C=O) groups is 2. The normalized spacial score (nSPS) is 17.7. The van der Waals surface area contributed by atoms with Gasteiger partial charge in [0, 0.05) is 41.5 Å². The summed E-state index contributed by atoms with van der Waals surface area (Å²) in [6.07, 6.45) is 0. The highest BCUT2D eigenvalue weighted by Crippen LogP contribution is 2.56. The molecular weight excluding hydrogens is 406 g/mol. The van der Waals surface area contributed by atoms with E-state index in [2.05, 4.69) is 18.7 Å². The summed E-state index contributed by atoms with van der Waals surface area (Å²) in [6, 6.07) is 18.4. The molecule has 1 spiro atoms. The third-order valence-electron chi connectivity index (χ3n) is 6.25. The standard InChI is InChI=1S/C26H23NO5/c1-4-27(5-2)17-11-12-20-23(15-17)31-22-13-10-16(24(28)30-3)14-21(22)26(20)19-9-7-6-8-18(19)25(29)32-26/h6-15H,4-5H2,1-3H3. The highest BCUT2D eigenvalue weighted by atomic mass is 16.6. The van der Waals surface area contributed by atoms with E-state index in [0.717, 1.165) is 29.9 Å². The molecule has 5 rings (SSSR count). The molecule has 3 aromatic carbocycles. The van der Waals surface area contributed by atoms with Crippen molar-refractivity contribution in [2.75, 3.05) is 25.1 Å². The van der Waals surface area contributed by atoms with Crippen LogP contribution in [0.2, 0.25) is 0 Å². The predicted molar refractivity (Wildman–Crippen MR) is 120 cm³/mol. The molecule has 6 heteroatoms. The molecule has 0 saturated carbocycles. The second-order valence-corrected chi connectivity index (χ2v) is 7.77. The van der Waals surface area contributed by atoms with E-state index in [4.69, 9.17) is 14.2 Å². The van der Waals surface area contributed by atoms with E-state index in [1.165, 1.54) is 7.11 Å². The molecule has 2 aliphatic rings. The molecule has 32 heavy (non-hydrogen) atoms. The van der Waals surface area contributed by atoms with E-state index in [0.29, 0.717) is 28.2 Å². The fraction of sp³-hybridized carbons (Fsp3) is 0.231. The van der Waals surface area contributed by atoms with Gasteiger partial charge in [-0.1, -0.05) is 18.2 Å². The maximum Gasteiger partial charge on any atom is 0.340 e. The van der Waals surface area contributed by atoms with Crippen molar-refractivity contribution in [2.45, 2.75) is 19.4 Å². The first kappa shape index (κ1) is 20.1.